The van der Waals surface area contributed by atoms with Gasteiger partial charge in [0.25, 0.3) is 0 Å². The van der Waals surface area contributed by atoms with E-state index in [-0.39, 0.29) is 0 Å². The highest BCUT2D eigenvalue weighted by atomic mass is 16.3. The fourth-order valence-electron chi connectivity index (χ4n) is 3.39. The molecule has 4 heteroatoms. The van der Waals surface area contributed by atoms with Crippen LogP contribution in [0.15, 0.2) is 65.3 Å². The molecule has 0 fully saturated rings. The van der Waals surface area contributed by atoms with Gasteiger partial charge >= 0.3 is 0 Å². The van der Waals surface area contributed by atoms with Crippen LogP contribution in [0.1, 0.15) is 5.56 Å². The first-order valence-electron chi connectivity index (χ1n) is 7.97. The predicted molar refractivity (Wildman–Crippen MR) is 94.3 cm³/mol. The van der Waals surface area contributed by atoms with Gasteiger partial charge in [-0.15, -0.1) is 9.36 Å². The van der Waals surface area contributed by atoms with E-state index >= 15 is 0 Å². The molecular formula is C20H16N3O+. The Morgan fingerprint density at radius 3 is 2.75 bits per heavy atom. The van der Waals surface area contributed by atoms with Gasteiger partial charge in [0.2, 0.25) is 5.71 Å². The van der Waals surface area contributed by atoms with Crippen LogP contribution in [0.2, 0.25) is 0 Å². The van der Waals surface area contributed by atoms with Gasteiger partial charge in [0.05, 0.1) is 11.7 Å². The molecule has 3 aromatic heterocycles. The van der Waals surface area contributed by atoms with Crippen molar-refractivity contribution in [2.24, 2.45) is 7.05 Å². The molecule has 0 unspecified atom stereocenters. The summed E-state index contributed by atoms with van der Waals surface area (Å²) in [6, 6.07) is 16.6. The number of pyridine rings is 1. The van der Waals surface area contributed by atoms with Gasteiger partial charge in [-0.2, -0.15) is 0 Å². The van der Waals surface area contributed by atoms with Gasteiger partial charge in [0.15, 0.2) is 24.5 Å². The molecule has 0 amide bonds. The average molecular weight is 314 g/mol. The molecule has 0 bridgehead atoms. The van der Waals surface area contributed by atoms with Crippen molar-refractivity contribution in [3.05, 3.63) is 66.5 Å². The number of hydrogen-bond donors (Lipinski definition) is 0. The highest BCUT2D eigenvalue weighted by Gasteiger charge is 2.19. The van der Waals surface area contributed by atoms with Crippen molar-refractivity contribution in [2.45, 2.75) is 6.92 Å². The third-order valence-corrected chi connectivity index (χ3v) is 4.61. The maximum atomic E-state index is 6.21. The SMILES string of the molecule is Cc1ccc2c(oc3nc4ccccc4cc32)c1-n1ccc[n+]1C. The van der Waals surface area contributed by atoms with E-state index in [9.17, 15) is 0 Å². The summed E-state index contributed by atoms with van der Waals surface area (Å²) in [6.07, 6.45) is 4.06. The first-order valence-corrected chi connectivity index (χ1v) is 7.97. The Bertz CT molecular complexity index is 1230. The minimum absolute atomic E-state index is 0.686. The van der Waals surface area contributed by atoms with Gasteiger partial charge < -0.3 is 4.42 Å². The molecule has 0 saturated carbocycles. The molecule has 4 nitrogen and oxygen atoms in total. The Morgan fingerprint density at radius 1 is 1.04 bits per heavy atom. The van der Waals surface area contributed by atoms with Gasteiger partial charge in [-0.05, 0) is 30.7 Å². The summed E-state index contributed by atoms with van der Waals surface area (Å²) >= 11 is 0. The number of nitrogens with zero attached hydrogens (tertiary/aromatic N) is 3. The number of furan rings is 1. The molecule has 0 saturated heterocycles. The lowest BCUT2D eigenvalue weighted by Crippen LogP contribution is -2.37. The molecule has 3 heterocycles. The second kappa shape index (κ2) is 4.68. The Morgan fingerprint density at radius 2 is 1.92 bits per heavy atom. The van der Waals surface area contributed by atoms with Crippen LogP contribution >= 0.6 is 0 Å². The highest BCUT2D eigenvalue weighted by molar-refractivity contribution is 6.09. The zero-order valence-electron chi connectivity index (χ0n) is 13.5. The lowest BCUT2D eigenvalue weighted by Gasteiger charge is -2.05. The van der Waals surface area contributed by atoms with E-state index in [1.807, 2.05) is 48.4 Å². The van der Waals surface area contributed by atoms with E-state index in [4.69, 9.17) is 9.40 Å². The number of aromatic nitrogens is 3. The Labute approximate surface area is 138 Å². The molecule has 5 aromatic rings. The van der Waals surface area contributed by atoms with E-state index in [1.165, 1.54) is 0 Å². The van der Waals surface area contributed by atoms with E-state index in [1.54, 1.807) is 0 Å². The van der Waals surface area contributed by atoms with E-state index in [0.29, 0.717) is 5.71 Å². The van der Waals surface area contributed by atoms with Crippen molar-refractivity contribution in [3.63, 3.8) is 0 Å². The Balaban J connectivity index is 1.95. The molecule has 116 valence electrons. The lowest BCUT2D eigenvalue weighted by molar-refractivity contribution is -0.744. The van der Waals surface area contributed by atoms with E-state index in [2.05, 4.69) is 35.9 Å². The van der Waals surface area contributed by atoms with Crippen molar-refractivity contribution in [2.75, 3.05) is 0 Å². The summed E-state index contributed by atoms with van der Waals surface area (Å²) in [4.78, 5) is 4.71. The smallest absolute Gasteiger partial charge is 0.228 e. The summed E-state index contributed by atoms with van der Waals surface area (Å²) in [5.41, 5.74) is 4.73. The van der Waals surface area contributed by atoms with Crippen LogP contribution in [-0.4, -0.2) is 9.67 Å². The fraction of sp³-hybridized carbons (Fsp3) is 0.100. The van der Waals surface area contributed by atoms with Crippen LogP contribution in [-0.2, 0) is 7.05 Å². The molecule has 0 aliphatic rings. The van der Waals surface area contributed by atoms with Gasteiger partial charge in [0.1, 0.15) is 0 Å². The molecule has 5 rings (SSSR count). The second-order valence-electron chi connectivity index (χ2n) is 6.15. The fourth-order valence-corrected chi connectivity index (χ4v) is 3.39. The van der Waals surface area contributed by atoms with Crippen LogP contribution in [0.3, 0.4) is 0 Å². The zero-order valence-corrected chi connectivity index (χ0v) is 13.5. The van der Waals surface area contributed by atoms with Crippen LogP contribution in [0.25, 0.3) is 38.7 Å². The minimum atomic E-state index is 0.686. The summed E-state index contributed by atoms with van der Waals surface area (Å²) < 4.78 is 10.3. The summed E-state index contributed by atoms with van der Waals surface area (Å²) in [6.45, 7) is 2.10. The minimum Gasteiger partial charge on any atom is -0.435 e. The maximum Gasteiger partial charge on any atom is 0.228 e. The number of para-hydroxylation sites is 1. The van der Waals surface area contributed by atoms with Crippen molar-refractivity contribution in [1.29, 1.82) is 0 Å². The standard InChI is InChI=1S/C20H16N3O/c1-13-8-9-15-16-12-14-6-3-4-7-17(14)21-20(16)24-19(15)18(13)23-11-5-10-22(23)2/h3-12H,1-2H3/q+1. The van der Waals surface area contributed by atoms with Crippen LogP contribution in [0.4, 0.5) is 0 Å². The highest BCUT2D eigenvalue weighted by Crippen LogP contribution is 2.34. The van der Waals surface area contributed by atoms with Gasteiger partial charge in [-0.25, -0.2) is 4.98 Å². The molecular weight excluding hydrogens is 298 g/mol. The summed E-state index contributed by atoms with van der Waals surface area (Å²) in [7, 11) is 2.02. The number of benzene rings is 2. The van der Waals surface area contributed by atoms with Crippen LogP contribution in [0.5, 0.6) is 0 Å². The summed E-state index contributed by atoms with van der Waals surface area (Å²) in [5.74, 6) is 0. The van der Waals surface area contributed by atoms with Gasteiger partial charge in [0, 0.05) is 22.2 Å². The molecule has 0 aliphatic carbocycles. The number of fused-ring (bicyclic) bond motifs is 4. The first-order chi connectivity index (χ1) is 11.7. The monoisotopic (exact) mass is 314 g/mol. The molecule has 0 atom stereocenters. The quantitative estimate of drug-likeness (QED) is 0.437. The van der Waals surface area contributed by atoms with Crippen molar-refractivity contribution in [1.82, 2.24) is 9.67 Å². The van der Waals surface area contributed by atoms with E-state index in [0.717, 1.165) is 38.5 Å². The topological polar surface area (TPSA) is 34.8 Å². The first kappa shape index (κ1) is 13.3. The molecule has 0 aliphatic heterocycles. The average Bonchev–Trinajstić information content (AvgIpc) is 3.16. The van der Waals surface area contributed by atoms with Crippen molar-refractivity contribution >= 4 is 33.0 Å². The van der Waals surface area contributed by atoms with Crippen LogP contribution < -0.4 is 4.68 Å². The predicted octanol–water partition coefficient (Wildman–Crippen LogP) is 4.06. The number of hydrogen-bond acceptors (Lipinski definition) is 2. The largest absolute Gasteiger partial charge is 0.435 e. The van der Waals surface area contributed by atoms with Crippen molar-refractivity contribution < 1.29 is 9.10 Å². The third kappa shape index (κ3) is 1.74. The number of aryl methyl sites for hydroxylation is 2. The molecule has 2 aromatic carbocycles. The Kier molecular flexibility index (Phi) is 2.59. The molecule has 0 N–H and O–H groups in total. The van der Waals surface area contributed by atoms with E-state index < -0.39 is 0 Å². The van der Waals surface area contributed by atoms with Crippen molar-refractivity contribution in [3.8, 4) is 5.69 Å². The maximum absolute atomic E-state index is 6.21. The van der Waals surface area contributed by atoms with Crippen LogP contribution in [0, 0.1) is 6.92 Å². The molecule has 24 heavy (non-hydrogen) atoms. The second-order valence-corrected chi connectivity index (χ2v) is 6.15. The van der Waals surface area contributed by atoms with Gasteiger partial charge in [-0.3, -0.25) is 0 Å². The number of rotatable bonds is 1. The molecule has 0 spiro atoms. The summed E-state index contributed by atoms with van der Waals surface area (Å²) in [5, 5.41) is 3.28. The van der Waals surface area contributed by atoms with Gasteiger partial charge in [-0.1, -0.05) is 24.3 Å². The zero-order chi connectivity index (χ0) is 16.3. The Hall–Kier alpha value is -3.14. The normalized spacial score (nSPS) is 11.8. The molecule has 0 radical (unpaired) electrons. The third-order valence-electron chi connectivity index (χ3n) is 4.61. The lowest BCUT2D eigenvalue weighted by atomic mass is 10.1.